The van der Waals surface area contributed by atoms with Gasteiger partial charge in [0.2, 0.25) is 0 Å². The first-order valence-electron chi connectivity index (χ1n) is 6.87. The average Bonchev–Trinajstić information content (AvgIpc) is 2.32. The molecular formula is C13H26N2O2. The van der Waals surface area contributed by atoms with Crippen LogP contribution < -0.4 is 5.32 Å². The molecule has 0 spiro atoms. The molecule has 2 aliphatic heterocycles. The Morgan fingerprint density at radius 2 is 2.29 bits per heavy atom. The van der Waals surface area contributed by atoms with Gasteiger partial charge in [-0.1, -0.05) is 0 Å². The van der Waals surface area contributed by atoms with Gasteiger partial charge in [-0.05, 0) is 33.1 Å². The first-order chi connectivity index (χ1) is 8.18. The predicted molar refractivity (Wildman–Crippen MR) is 68.1 cm³/mol. The summed E-state index contributed by atoms with van der Waals surface area (Å²) in [5.41, 5.74) is 0.245. The van der Waals surface area contributed by atoms with Gasteiger partial charge < -0.3 is 14.8 Å². The van der Waals surface area contributed by atoms with Crippen molar-refractivity contribution in [3.8, 4) is 0 Å². The highest BCUT2D eigenvalue weighted by atomic mass is 16.7. The van der Waals surface area contributed by atoms with Crippen molar-refractivity contribution in [3.63, 3.8) is 0 Å². The van der Waals surface area contributed by atoms with E-state index in [1.165, 1.54) is 12.8 Å². The Kier molecular flexibility index (Phi) is 4.79. The quantitative estimate of drug-likeness (QED) is 0.803. The molecule has 0 aromatic heterocycles. The SMILES string of the molecule is CC1(C)CNCCN1CCOC1CCCCO1. The molecule has 0 radical (unpaired) electrons. The summed E-state index contributed by atoms with van der Waals surface area (Å²) in [6, 6.07) is 0. The molecule has 1 unspecified atom stereocenters. The molecule has 0 saturated carbocycles. The fourth-order valence-electron chi connectivity index (χ4n) is 2.57. The zero-order valence-electron chi connectivity index (χ0n) is 11.2. The summed E-state index contributed by atoms with van der Waals surface area (Å²) < 4.78 is 11.4. The van der Waals surface area contributed by atoms with E-state index in [9.17, 15) is 0 Å². The molecule has 2 aliphatic rings. The summed E-state index contributed by atoms with van der Waals surface area (Å²) in [5.74, 6) is 0. The second kappa shape index (κ2) is 6.14. The van der Waals surface area contributed by atoms with Crippen molar-refractivity contribution in [1.29, 1.82) is 0 Å². The van der Waals surface area contributed by atoms with Gasteiger partial charge in [-0.15, -0.1) is 0 Å². The lowest BCUT2D eigenvalue weighted by atomic mass is 10.0. The highest BCUT2D eigenvalue weighted by Crippen LogP contribution is 2.17. The van der Waals surface area contributed by atoms with Crippen molar-refractivity contribution in [2.24, 2.45) is 0 Å². The maximum atomic E-state index is 5.79. The number of nitrogens with zero attached hydrogens (tertiary/aromatic N) is 1. The lowest BCUT2D eigenvalue weighted by molar-refractivity contribution is -0.166. The van der Waals surface area contributed by atoms with Gasteiger partial charge in [0.1, 0.15) is 0 Å². The Morgan fingerprint density at radius 1 is 1.41 bits per heavy atom. The summed E-state index contributed by atoms with van der Waals surface area (Å²) in [4.78, 5) is 2.51. The first-order valence-corrected chi connectivity index (χ1v) is 6.87. The number of nitrogens with one attached hydrogen (secondary N) is 1. The maximum Gasteiger partial charge on any atom is 0.157 e. The summed E-state index contributed by atoms with van der Waals surface area (Å²) in [7, 11) is 0. The van der Waals surface area contributed by atoms with Gasteiger partial charge in [-0.25, -0.2) is 0 Å². The highest BCUT2D eigenvalue weighted by Gasteiger charge is 2.29. The van der Waals surface area contributed by atoms with Crippen LogP contribution in [0.5, 0.6) is 0 Å². The minimum atomic E-state index is 0.0507. The predicted octanol–water partition coefficient (Wildman–Crippen LogP) is 1.21. The Morgan fingerprint density at radius 3 is 3.00 bits per heavy atom. The monoisotopic (exact) mass is 242 g/mol. The molecule has 2 rings (SSSR count). The van der Waals surface area contributed by atoms with Crippen LogP contribution in [0.25, 0.3) is 0 Å². The largest absolute Gasteiger partial charge is 0.353 e. The number of hydrogen-bond acceptors (Lipinski definition) is 4. The molecule has 2 heterocycles. The molecule has 0 aromatic rings. The van der Waals surface area contributed by atoms with E-state index in [-0.39, 0.29) is 11.8 Å². The van der Waals surface area contributed by atoms with E-state index >= 15 is 0 Å². The van der Waals surface area contributed by atoms with Crippen LogP contribution in [0.2, 0.25) is 0 Å². The molecular weight excluding hydrogens is 216 g/mol. The molecule has 2 fully saturated rings. The van der Waals surface area contributed by atoms with Crippen LogP contribution in [0.15, 0.2) is 0 Å². The van der Waals surface area contributed by atoms with E-state index in [0.29, 0.717) is 0 Å². The smallest absolute Gasteiger partial charge is 0.157 e. The fourth-order valence-corrected chi connectivity index (χ4v) is 2.57. The fraction of sp³-hybridized carbons (Fsp3) is 1.00. The number of rotatable bonds is 4. The van der Waals surface area contributed by atoms with Crippen LogP contribution in [0.3, 0.4) is 0 Å². The van der Waals surface area contributed by atoms with Crippen LogP contribution in [0.1, 0.15) is 33.1 Å². The lowest BCUT2D eigenvalue weighted by Crippen LogP contribution is -2.58. The zero-order valence-corrected chi connectivity index (χ0v) is 11.2. The van der Waals surface area contributed by atoms with Gasteiger partial charge in [-0.3, -0.25) is 4.90 Å². The molecule has 0 aromatic carbocycles. The van der Waals surface area contributed by atoms with E-state index in [1.54, 1.807) is 0 Å². The third-order valence-corrected chi connectivity index (χ3v) is 3.78. The minimum Gasteiger partial charge on any atom is -0.353 e. The van der Waals surface area contributed by atoms with Gasteiger partial charge in [0.05, 0.1) is 6.61 Å². The summed E-state index contributed by atoms with van der Waals surface area (Å²) in [5, 5.41) is 3.44. The first kappa shape index (κ1) is 13.3. The lowest BCUT2D eigenvalue weighted by Gasteiger charge is -2.43. The number of hydrogen-bond donors (Lipinski definition) is 1. The van der Waals surface area contributed by atoms with Gasteiger partial charge in [-0.2, -0.15) is 0 Å². The number of piperazine rings is 1. The van der Waals surface area contributed by atoms with Gasteiger partial charge in [0.25, 0.3) is 0 Å². The summed E-state index contributed by atoms with van der Waals surface area (Å²) >= 11 is 0. The number of ether oxygens (including phenoxy) is 2. The molecule has 17 heavy (non-hydrogen) atoms. The highest BCUT2D eigenvalue weighted by molar-refractivity contribution is 4.88. The van der Waals surface area contributed by atoms with E-state index < -0.39 is 0 Å². The van der Waals surface area contributed by atoms with Crippen LogP contribution >= 0.6 is 0 Å². The Balaban J connectivity index is 1.66. The van der Waals surface area contributed by atoms with Crippen molar-refractivity contribution >= 4 is 0 Å². The van der Waals surface area contributed by atoms with E-state index in [0.717, 1.165) is 45.8 Å². The molecule has 0 amide bonds. The van der Waals surface area contributed by atoms with Gasteiger partial charge in [0, 0.05) is 38.3 Å². The molecule has 100 valence electrons. The van der Waals surface area contributed by atoms with Crippen LogP contribution in [0.4, 0.5) is 0 Å². The third kappa shape index (κ3) is 3.91. The van der Waals surface area contributed by atoms with Crippen molar-refractivity contribution in [3.05, 3.63) is 0 Å². The van der Waals surface area contributed by atoms with Gasteiger partial charge >= 0.3 is 0 Å². The van der Waals surface area contributed by atoms with E-state index in [1.807, 2.05) is 0 Å². The molecule has 4 nitrogen and oxygen atoms in total. The maximum absolute atomic E-state index is 5.79. The standard InChI is InChI=1S/C13H26N2O2/c1-13(2)11-14-6-7-15(13)8-10-17-12-5-3-4-9-16-12/h12,14H,3-11H2,1-2H3. The normalized spacial score (nSPS) is 30.4. The van der Waals surface area contributed by atoms with Crippen LogP contribution in [0, 0.1) is 0 Å². The van der Waals surface area contributed by atoms with Crippen molar-refractivity contribution < 1.29 is 9.47 Å². The van der Waals surface area contributed by atoms with Crippen molar-refractivity contribution in [2.75, 3.05) is 39.4 Å². The van der Waals surface area contributed by atoms with Crippen molar-refractivity contribution in [1.82, 2.24) is 10.2 Å². The molecule has 4 heteroatoms. The van der Waals surface area contributed by atoms with Crippen molar-refractivity contribution in [2.45, 2.75) is 44.9 Å². The third-order valence-electron chi connectivity index (χ3n) is 3.78. The second-order valence-electron chi connectivity index (χ2n) is 5.64. The zero-order chi connectivity index (χ0) is 12.1. The van der Waals surface area contributed by atoms with E-state index in [2.05, 4.69) is 24.1 Å². The summed E-state index contributed by atoms with van der Waals surface area (Å²) in [6.07, 6.45) is 3.54. The molecule has 1 atom stereocenters. The van der Waals surface area contributed by atoms with Crippen LogP contribution in [-0.4, -0.2) is 56.1 Å². The molecule has 1 N–H and O–H groups in total. The van der Waals surface area contributed by atoms with Crippen LogP contribution in [-0.2, 0) is 9.47 Å². The Hall–Kier alpha value is -0.160. The Labute approximate surface area is 105 Å². The summed E-state index contributed by atoms with van der Waals surface area (Å²) in [6.45, 7) is 10.5. The molecule has 0 bridgehead atoms. The second-order valence-corrected chi connectivity index (χ2v) is 5.64. The molecule has 0 aliphatic carbocycles. The average molecular weight is 242 g/mol. The van der Waals surface area contributed by atoms with Gasteiger partial charge in [0.15, 0.2) is 6.29 Å². The minimum absolute atomic E-state index is 0.0507. The molecule has 2 saturated heterocycles. The topological polar surface area (TPSA) is 33.7 Å². The Bertz CT molecular complexity index is 227. The van der Waals surface area contributed by atoms with E-state index in [4.69, 9.17) is 9.47 Å².